The van der Waals surface area contributed by atoms with Gasteiger partial charge in [-0.25, -0.2) is 15.0 Å². The highest BCUT2D eigenvalue weighted by atomic mass is 32.1. The largest absolute Gasteiger partial charge is 0.384 e. The second kappa shape index (κ2) is 7.69. The predicted molar refractivity (Wildman–Crippen MR) is 109 cm³/mol. The van der Waals surface area contributed by atoms with Crippen LogP contribution in [0.4, 0.5) is 5.82 Å². The van der Waals surface area contributed by atoms with Gasteiger partial charge in [0.05, 0.1) is 17.2 Å². The molecule has 0 spiro atoms. The van der Waals surface area contributed by atoms with Crippen LogP contribution in [0.2, 0.25) is 0 Å². The highest BCUT2D eigenvalue weighted by Gasteiger charge is 2.30. The maximum Gasteiger partial charge on any atom is 0.270 e. The lowest BCUT2D eigenvalue weighted by molar-refractivity contribution is 0.0774. The molecule has 3 aromatic heterocycles. The molecule has 4 heterocycles. The molecule has 0 saturated carbocycles. The van der Waals surface area contributed by atoms with Gasteiger partial charge in [0, 0.05) is 42.5 Å². The summed E-state index contributed by atoms with van der Waals surface area (Å²) in [5.74, 6) is 1.19. The second-order valence-corrected chi connectivity index (χ2v) is 8.12. The van der Waals surface area contributed by atoms with Gasteiger partial charge < -0.3 is 15.6 Å². The number of hydrogen-bond acceptors (Lipinski definition) is 7. The monoisotopic (exact) mass is 397 g/mol. The van der Waals surface area contributed by atoms with Crippen molar-refractivity contribution in [1.29, 1.82) is 0 Å². The molecule has 1 atom stereocenters. The van der Waals surface area contributed by atoms with Crippen LogP contribution in [0, 0.1) is 6.92 Å². The summed E-state index contributed by atoms with van der Waals surface area (Å²) in [4.78, 5) is 33.1. The number of aromatic nitrogens is 4. The number of carbonyl (C=O) groups excluding carboxylic acids is 1. The average Bonchev–Trinajstić information content (AvgIpc) is 3.41. The van der Waals surface area contributed by atoms with Crippen molar-refractivity contribution in [2.24, 2.45) is 0 Å². The summed E-state index contributed by atoms with van der Waals surface area (Å²) in [7, 11) is 2.03. The van der Waals surface area contributed by atoms with Crippen molar-refractivity contribution >= 4 is 23.1 Å². The third-order valence-electron chi connectivity index (χ3n) is 5.02. The molecule has 1 fully saturated rings. The van der Waals surface area contributed by atoms with Crippen molar-refractivity contribution in [1.82, 2.24) is 29.7 Å². The Morgan fingerprint density at radius 1 is 1.46 bits per heavy atom. The van der Waals surface area contributed by atoms with E-state index in [9.17, 15) is 4.79 Å². The van der Waals surface area contributed by atoms with Gasteiger partial charge in [-0.2, -0.15) is 0 Å². The van der Waals surface area contributed by atoms with Crippen LogP contribution in [0.15, 0.2) is 29.9 Å². The number of amides is 1. The Balaban J connectivity index is 1.38. The molecule has 9 heteroatoms. The number of nitrogens with zero attached hydrogens (tertiary/aromatic N) is 5. The van der Waals surface area contributed by atoms with Gasteiger partial charge in [-0.3, -0.25) is 9.69 Å². The maximum atomic E-state index is 12.9. The Morgan fingerprint density at radius 2 is 2.32 bits per heavy atom. The molecule has 8 nitrogen and oxygen atoms in total. The number of thiazole rings is 1. The standard InChI is InChI=1S/C19H23N7OS/c1-12-23-16(11-28-12)13-7-15(22-8-13)19(27)26-6-4-14(9-26)25(2)10-18-21-5-3-17(20)24-18/h3,5,7-8,11,14,22H,4,6,9-10H2,1-2H3,(H2,20,21,24)/t14-/m0/s1. The third kappa shape index (κ3) is 3.90. The van der Waals surface area contributed by atoms with Gasteiger partial charge in [0.15, 0.2) is 0 Å². The number of aryl methyl sites for hydroxylation is 1. The lowest BCUT2D eigenvalue weighted by Gasteiger charge is -2.23. The van der Waals surface area contributed by atoms with Crippen LogP contribution >= 0.6 is 11.3 Å². The normalized spacial score (nSPS) is 16.8. The van der Waals surface area contributed by atoms with Gasteiger partial charge in [-0.1, -0.05) is 0 Å². The van der Waals surface area contributed by atoms with Crippen molar-refractivity contribution in [2.45, 2.75) is 25.9 Å². The van der Waals surface area contributed by atoms with Crippen LogP contribution in [0.3, 0.4) is 0 Å². The van der Waals surface area contributed by atoms with E-state index in [1.54, 1.807) is 23.6 Å². The molecule has 28 heavy (non-hydrogen) atoms. The van der Waals surface area contributed by atoms with Crippen LogP contribution in [-0.2, 0) is 6.54 Å². The summed E-state index contributed by atoms with van der Waals surface area (Å²) in [6, 6.07) is 3.83. The van der Waals surface area contributed by atoms with Crippen LogP contribution in [-0.4, -0.2) is 61.8 Å². The SMILES string of the molecule is Cc1nc(-c2c[nH]c(C(=O)N3CC[C@H](N(C)Cc4nccc(N)n4)C3)c2)cs1. The molecule has 1 aliphatic rings. The number of anilines is 1. The fourth-order valence-corrected chi connectivity index (χ4v) is 4.08. The summed E-state index contributed by atoms with van der Waals surface area (Å²) in [5.41, 5.74) is 8.18. The number of nitrogen functional groups attached to an aromatic ring is 1. The summed E-state index contributed by atoms with van der Waals surface area (Å²) in [6.07, 6.45) is 4.44. The molecule has 1 saturated heterocycles. The molecule has 3 N–H and O–H groups in total. The fourth-order valence-electron chi connectivity index (χ4n) is 3.46. The lowest BCUT2D eigenvalue weighted by atomic mass is 10.2. The molecule has 0 bridgehead atoms. The molecule has 3 aromatic rings. The Labute approximate surface area is 167 Å². The zero-order chi connectivity index (χ0) is 19.7. The minimum absolute atomic E-state index is 0.0225. The van der Waals surface area contributed by atoms with E-state index in [2.05, 4.69) is 24.8 Å². The molecule has 0 aromatic carbocycles. The summed E-state index contributed by atoms with van der Waals surface area (Å²) in [5, 5.41) is 3.02. The van der Waals surface area contributed by atoms with Crippen molar-refractivity contribution in [3.8, 4) is 11.3 Å². The number of H-pyrrole nitrogens is 1. The van der Waals surface area contributed by atoms with Gasteiger partial charge in [0.1, 0.15) is 17.3 Å². The zero-order valence-corrected chi connectivity index (χ0v) is 16.7. The third-order valence-corrected chi connectivity index (χ3v) is 5.79. The predicted octanol–water partition coefficient (Wildman–Crippen LogP) is 2.17. The Hall–Kier alpha value is -2.78. The first-order valence-electron chi connectivity index (χ1n) is 9.17. The van der Waals surface area contributed by atoms with Gasteiger partial charge in [-0.05, 0) is 32.5 Å². The van der Waals surface area contributed by atoms with E-state index < -0.39 is 0 Å². The number of likely N-dealkylation sites (N-methyl/N-ethyl adjacent to an activating group) is 1. The molecule has 1 amide bonds. The first kappa shape index (κ1) is 18.6. The number of hydrogen-bond donors (Lipinski definition) is 2. The fraction of sp³-hybridized carbons (Fsp3) is 0.368. The van der Waals surface area contributed by atoms with E-state index >= 15 is 0 Å². The lowest BCUT2D eigenvalue weighted by Crippen LogP contribution is -2.36. The number of rotatable bonds is 5. The van der Waals surface area contributed by atoms with E-state index in [4.69, 9.17) is 5.73 Å². The summed E-state index contributed by atoms with van der Waals surface area (Å²) >= 11 is 1.60. The highest BCUT2D eigenvalue weighted by molar-refractivity contribution is 7.09. The number of nitrogens with two attached hydrogens (primary N) is 1. The van der Waals surface area contributed by atoms with E-state index in [1.807, 2.05) is 36.5 Å². The van der Waals surface area contributed by atoms with Crippen molar-refractivity contribution in [3.05, 3.63) is 46.4 Å². The van der Waals surface area contributed by atoms with Crippen LogP contribution in [0.1, 0.15) is 27.7 Å². The molecule has 0 radical (unpaired) electrons. The van der Waals surface area contributed by atoms with E-state index in [0.29, 0.717) is 30.4 Å². The first-order chi connectivity index (χ1) is 13.5. The number of carbonyl (C=O) groups is 1. The van der Waals surface area contributed by atoms with Crippen molar-refractivity contribution < 1.29 is 4.79 Å². The molecule has 0 unspecified atom stereocenters. The van der Waals surface area contributed by atoms with Gasteiger partial charge in [0.25, 0.3) is 5.91 Å². The van der Waals surface area contributed by atoms with Gasteiger partial charge in [0.2, 0.25) is 0 Å². The molecular weight excluding hydrogens is 374 g/mol. The topological polar surface area (TPSA) is 104 Å². The molecule has 146 valence electrons. The number of aromatic amines is 1. The Kier molecular flexibility index (Phi) is 5.10. The van der Waals surface area contributed by atoms with Crippen molar-refractivity contribution in [2.75, 3.05) is 25.9 Å². The highest BCUT2D eigenvalue weighted by Crippen LogP contribution is 2.24. The van der Waals surface area contributed by atoms with Gasteiger partial charge in [-0.15, -0.1) is 11.3 Å². The zero-order valence-electron chi connectivity index (χ0n) is 15.9. The van der Waals surface area contributed by atoms with Crippen LogP contribution in [0.25, 0.3) is 11.3 Å². The summed E-state index contributed by atoms with van der Waals surface area (Å²) < 4.78 is 0. The molecule has 1 aliphatic heterocycles. The van der Waals surface area contributed by atoms with Crippen molar-refractivity contribution in [3.63, 3.8) is 0 Å². The van der Waals surface area contributed by atoms with E-state index in [0.717, 1.165) is 29.2 Å². The quantitative estimate of drug-likeness (QED) is 0.684. The average molecular weight is 398 g/mol. The maximum absolute atomic E-state index is 12.9. The molecule has 4 rings (SSSR count). The van der Waals surface area contributed by atoms with Gasteiger partial charge >= 0.3 is 0 Å². The van der Waals surface area contributed by atoms with Crippen LogP contribution < -0.4 is 5.73 Å². The second-order valence-electron chi connectivity index (χ2n) is 7.06. The van der Waals surface area contributed by atoms with E-state index in [1.165, 1.54) is 0 Å². The number of nitrogens with one attached hydrogen (secondary N) is 1. The minimum atomic E-state index is 0.0225. The molecular formula is C19H23N7OS. The number of likely N-dealkylation sites (tertiary alicyclic amines) is 1. The summed E-state index contributed by atoms with van der Waals surface area (Å²) in [6.45, 7) is 3.99. The minimum Gasteiger partial charge on any atom is -0.384 e. The smallest absolute Gasteiger partial charge is 0.270 e. The Morgan fingerprint density at radius 3 is 3.07 bits per heavy atom. The Bertz CT molecular complexity index is 982. The van der Waals surface area contributed by atoms with Crippen LogP contribution in [0.5, 0.6) is 0 Å². The molecule has 0 aliphatic carbocycles. The first-order valence-corrected chi connectivity index (χ1v) is 10.1. The van der Waals surface area contributed by atoms with E-state index in [-0.39, 0.29) is 11.9 Å².